The maximum Gasteiger partial charge on any atom is 0.426 e. The zero-order valence-electron chi connectivity index (χ0n) is 19.7. The molecule has 0 saturated heterocycles. The molecular weight excluding hydrogens is 541 g/mol. The van der Waals surface area contributed by atoms with Gasteiger partial charge in [-0.15, -0.1) is 11.3 Å². The summed E-state index contributed by atoms with van der Waals surface area (Å²) in [6.45, 7) is 2.31. The number of aromatic nitrogens is 4. The van der Waals surface area contributed by atoms with E-state index in [1.54, 1.807) is 72.4 Å². The Labute approximate surface area is 223 Å². The lowest BCUT2D eigenvalue weighted by Gasteiger charge is -2.07. The van der Waals surface area contributed by atoms with Crippen molar-refractivity contribution in [2.24, 2.45) is 0 Å². The monoisotopic (exact) mass is 558 g/mol. The molecule has 0 saturated carbocycles. The van der Waals surface area contributed by atoms with Gasteiger partial charge in [0.1, 0.15) is 4.88 Å². The molecule has 0 radical (unpaired) electrons. The van der Waals surface area contributed by atoms with Gasteiger partial charge >= 0.3 is 12.1 Å². The lowest BCUT2D eigenvalue weighted by Crippen LogP contribution is -2.07. The Bertz CT molecular complexity index is 1590. The summed E-state index contributed by atoms with van der Waals surface area (Å²) in [6, 6.07) is 16.4. The Morgan fingerprint density at radius 1 is 1.11 bits per heavy atom. The number of carbonyl (C=O) groups is 1. The summed E-state index contributed by atoms with van der Waals surface area (Å²) in [5.41, 5.74) is 1.93. The minimum atomic E-state index is -4.54. The van der Waals surface area contributed by atoms with E-state index in [4.69, 9.17) is 20.9 Å². The SMILES string of the molecule is CCOC(=O)c1ccn(Cc2ccc(-c3noc(-c4cc(-c5ccccc5)c(C(F)(F)F)s4)n3)c(Cl)c2)n1. The van der Waals surface area contributed by atoms with Gasteiger partial charge in [-0.1, -0.05) is 53.2 Å². The molecule has 0 bridgehead atoms. The summed E-state index contributed by atoms with van der Waals surface area (Å²) in [5.74, 6) is -0.402. The van der Waals surface area contributed by atoms with Crippen LogP contribution in [0.3, 0.4) is 0 Å². The van der Waals surface area contributed by atoms with Crippen molar-refractivity contribution >= 4 is 28.9 Å². The maximum absolute atomic E-state index is 13.8. The van der Waals surface area contributed by atoms with Crippen molar-refractivity contribution in [1.29, 1.82) is 0 Å². The second kappa shape index (κ2) is 10.4. The largest absolute Gasteiger partial charge is 0.461 e. The summed E-state index contributed by atoms with van der Waals surface area (Å²) in [5, 5.41) is 8.46. The van der Waals surface area contributed by atoms with Crippen molar-refractivity contribution in [3.63, 3.8) is 0 Å². The Kier molecular flexibility index (Phi) is 7.04. The molecule has 194 valence electrons. The van der Waals surface area contributed by atoms with Gasteiger partial charge in [0.05, 0.1) is 23.1 Å². The third-order valence-corrected chi connectivity index (χ3v) is 6.94. The fourth-order valence-corrected chi connectivity index (χ4v) is 5.02. The smallest absolute Gasteiger partial charge is 0.426 e. The van der Waals surface area contributed by atoms with E-state index >= 15 is 0 Å². The summed E-state index contributed by atoms with van der Waals surface area (Å²) in [4.78, 5) is 15.6. The van der Waals surface area contributed by atoms with Gasteiger partial charge in [0, 0.05) is 17.3 Å². The van der Waals surface area contributed by atoms with Gasteiger partial charge in [0.2, 0.25) is 5.82 Å². The lowest BCUT2D eigenvalue weighted by molar-refractivity contribution is -0.133. The van der Waals surface area contributed by atoms with Crippen LogP contribution in [0.1, 0.15) is 27.9 Å². The highest BCUT2D eigenvalue weighted by Crippen LogP contribution is 2.45. The summed E-state index contributed by atoms with van der Waals surface area (Å²) in [6.07, 6.45) is -2.89. The quantitative estimate of drug-likeness (QED) is 0.196. The van der Waals surface area contributed by atoms with Crippen LogP contribution in [0.5, 0.6) is 0 Å². The van der Waals surface area contributed by atoms with Crippen molar-refractivity contribution < 1.29 is 27.2 Å². The van der Waals surface area contributed by atoms with E-state index in [0.29, 0.717) is 34.0 Å². The molecule has 0 unspecified atom stereocenters. The summed E-state index contributed by atoms with van der Waals surface area (Å²) < 4.78 is 53.1. The van der Waals surface area contributed by atoms with E-state index in [-0.39, 0.29) is 34.5 Å². The van der Waals surface area contributed by atoms with Crippen LogP contribution in [0, 0.1) is 0 Å². The highest BCUT2D eigenvalue weighted by molar-refractivity contribution is 7.16. The van der Waals surface area contributed by atoms with Gasteiger partial charge < -0.3 is 9.26 Å². The normalized spacial score (nSPS) is 11.6. The van der Waals surface area contributed by atoms with Gasteiger partial charge in [0.25, 0.3) is 5.89 Å². The van der Waals surface area contributed by atoms with Crippen LogP contribution in [-0.4, -0.2) is 32.5 Å². The van der Waals surface area contributed by atoms with Crippen molar-refractivity contribution in [3.8, 4) is 33.3 Å². The number of esters is 1. The molecule has 2 aromatic carbocycles. The third-order valence-electron chi connectivity index (χ3n) is 5.46. The molecule has 7 nitrogen and oxygen atoms in total. The second-order valence-electron chi connectivity index (χ2n) is 8.07. The average Bonchev–Trinajstić information content (AvgIpc) is 3.64. The van der Waals surface area contributed by atoms with Gasteiger partial charge in [-0.3, -0.25) is 4.68 Å². The molecule has 3 heterocycles. The summed E-state index contributed by atoms with van der Waals surface area (Å²) >= 11 is 7.02. The first-order chi connectivity index (χ1) is 18.2. The number of ether oxygens (including phenoxy) is 1. The van der Waals surface area contributed by atoms with Gasteiger partial charge in [0.15, 0.2) is 5.69 Å². The van der Waals surface area contributed by atoms with Gasteiger partial charge in [-0.05, 0) is 42.3 Å². The number of rotatable bonds is 7. The minimum absolute atomic E-state index is 0.0409. The molecule has 12 heteroatoms. The predicted molar refractivity (Wildman–Crippen MR) is 136 cm³/mol. The molecule has 0 N–H and O–H groups in total. The van der Waals surface area contributed by atoms with E-state index in [1.165, 1.54) is 6.07 Å². The van der Waals surface area contributed by atoms with Crippen LogP contribution in [0.15, 0.2) is 71.4 Å². The van der Waals surface area contributed by atoms with Crippen molar-refractivity contribution in [3.05, 3.63) is 88.0 Å². The zero-order chi connectivity index (χ0) is 26.9. The van der Waals surface area contributed by atoms with Crippen LogP contribution in [0.4, 0.5) is 13.2 Å². The number of hydrogen-bond acceptors (Lipinski definition) is 7. The Morgan fingerprint density at radius 3 is 2.61 bits per heavy atom. The van der Waals surface area contributed by atoms with Gasteiger partial charge in [-0.25, -0.2) is 4.79 Å². The highest BCUT2D eigenvalue weighted by Gasteiger charge is 2.37. The first-order valence-corrected chi connectivity index (χ1v) is 12.5. The minimum Gasteiger partial charge on any atom is -0.461 e. The molecule has 5 aromatic rings. The molecule has 3 aromatic heterocycles. The molecule has 38 heavy (non-hydrogen) atoms. The Hall–Kier alpha value is -3.96. The first-order valence-electron chi connectivity index (χ1n) is 11.3. The standard InChI is InChI=1S/C26H18ClF3N4O3S/c1-2-36-25(35)20-10-11-34(32-20)14-15-8-9-17(19(27)12-15)23-31-24(37-33-23)21-13-18(16-6-4-3-5-7-16)22(38-21)26(28,29)30/h3-13H,2,14H2,1H3. The molecule has 0 aliphatic heterocycles. The number of benzene rings is 2. The number of halogens is 4. The Balaban J connectivity index is 1.39. The average molecular weight is 559 g/mol. The van der Waals surface area contributed by atoms with Crippen LogP contribution in [0.2, 0.25) is 5.02 Å². The number of carbonyl (C=O) groups excluding carboxylic acids is 1. The second-order valence-corrected chi connectivity index (χ2v) is 9.53. The van der Waals surface area contributed by atoms with Crippen LogP contribution in [-0.2, 0) is 17.5 Å². The van der Waals surface area contributed by atoms with E-state index in [2.05, 4.69) is 15.2 Å². The number of thiophene rings is 1. The summed E-state index contributed by atoms with van der Waals surface area (Å²) in [7, 11) is 0. The van der Waals surface area contributed by atoms with Gasteiger partial charge in [-0.2, -0.15) is 23.3 Å². The molecule has 0 fully saturated rings. The number of nitrogens with zero attached hydrogens (tertiary/aromatic N) is 4. The first kappa shape index (κ1) is 25.7. The van der Waals surface area contributed by atoms with E-state index in [0.717, 1.165) is 5.56 Å². The fourth-order valence-electron chi connectivity index (χ4n) is 3.76. The highest BCUT2D eigenvalue weighted by atomic mass is 35.5. The third kappa shape index (κ3) is 5.34. The van der Waals surface area contributed by atoms with Crippen molar-refractivity contribution in [1.82, 2.24) is 19.9 Å². The molecule has 0 aliphatic rings. The number of alkyl halides is 3. The van der Waals surface area contributed by atoms with Crippen molar-refractivity contribution in [2.75, 3.05) is 6.61 Å². The fraction of sp³-hybridized carbons (Fsp3) is 0.154. The maximum atomic E-state index is 13.8. The molecule has 0 atom stereocenters. The lowest BCUT2D eigenvalue weighted by atomic mass is 10.1. The zero-order valence-corrected chi connectivity index (χ0v) is 21.3. The van der Waals surface area contributed by atoms with Crippen LogP contribution >= 0.6 is 22.9 Å². The number of hydrogen-bond donors (Lipinski definition) is 0. The molecular formula is C26H18ClF3N4O3S. The molecule has 0 amide bonds. The topological polar surface area (TPSA) is 83.0 Å². The van der Waals surface area contributed by atoms with E-state index < -0.39 is 17.0 Å². The van der Waals surface area contributed by atoms with E-state index in [9.17, 15) is 18.0 Å². The molecule has 5 rings (SSSR count). The van der Waals surface area contributed by atoms with Crippen LogP contribution in [0.25, 0.3) is 33.3 Å². The van der Waals surface area contributed by atoms with Crippen LogP contribution < -0.4 is 0 Å². The molecule has 0 aliphatic carbocycles. The Morgan fingerprint density at radius 2 is 1.89 bits per heavy atom. The van der Waals surface area contributed by atoms with E-state index in [1.807, 2.05) is 0 Å². The molecule has 0 spiro atoms. The van der Waals surface area contributed by atoms with Crippen molar-refractivity contribution in [2.45, 2.75) is 19.6 Å². The predicted octanol–water partition coefficient (Wildman–Crippen LogP) is 7.23.